The molecule has 1 aromatic rings. The SMILES string of the molecule is Cc1cccc(P(C23CC4CC(CC(C4)C2)C3)C23CC4CC(CC(C4)C2)C3)c1C. The van der Waals surface area contributed by atoms with Crippen LogP contribution in [0.25, 0.3) is 0 Å². The Morgan fingerprint density at radius 2 is 1.00 bits per heavy atom. The summed E-state index contributed by atoms with van der Waals surface area (Å²) < 4.78 is 0. The summed E-state index contributed by atoms with van der Waals surface area (Å²) in [7, 11) is -0.0410. The minimum Gasteiger partial charge on any atom is -0.0623 e. The van der Waals surface area contributed by atoms with Gasteiger partial charge in [0.25, 0.3) is 0 Å². The fourth-order valence-corrected chi connectivity index (χ4v) is 16.1. The zero-order valence-corrected chi connectivity index (χ0v) is 19.5. The Morgan fingerprint density at radius 3 is 1.38 bits per heavy atom. The van der Waals surface area contributed by atoms with Crippen LogP contribution >= 0.6 is 7.92 Å². The first kappa shape index (κ1) is 18.2. The summed E-state index contributed by atoms with van der Waals surface area (Å²) in [5.41, 5.74) is 3.24. The van der Waals surface area contributed by atoms with Gasteiger partial charge in [-0.2, -0.15) is 0 Å². The third-order valence-electron chi connectivity index (χ3n) is 10.8. The van der Waals surface area contributed by atoms with Crippen LogP contribution in [0.2, 0.25) is 0 Å². The standard InChI is InChI=1S/C28H39P/c1-18-4-3-5-26(19(18)2)29(27-12-20-6-21(13-27)8-22(7-20)14-27)28-15-23-9-24(16-28)11-25(10-23)17-28/h3-5,20-25H,6-17H2,1-2H3. The first-order valence-corrected chi connectivity index (χ1v) is 14.2. The van der Waals surface area contributed by atoms with Crippen LogP contribution in [-0.2, 0) is 0 Å². The van der Waals surface area contributed by atoms with Gasteiger partial charge in [0.2, 0.25) is 0 Å². The molecule has 0 aliphatic heterocycles. The normalized spacial score (nSPS) is 50.3. The highest BCUT2D eigenvalue weighted by atomic mass is 31.1. The van der Waals surface area contributed by atoms with E-state index >= 15 is 0 Å². The average Bonchev–Trinajstić information content (AvgIpc) is 2.63. The molecule has 0 unspecified atom stereocenters. The van der Waals surface area contributed by atoms with Crippen molar-refractivity contribution in [3.8, 4) is 0 Å². The molecule has 0 radical (unpaired) electrons. The maximum atomic E-state index is 2.63. The molecule has 0 saturated heterocycles. The van der Waals surface area contributed by atoms with Gasteiger partial charge < -0.3 is 0 Å². The molecular formula is C28H39P. The zero-order valence-electron chi connectivity index (χ0n) is 18.6. The quantitative estimate of drug-likeness (QED) is 0.460. The lowest BCUT2D eigenvalue weighted by Gasteiger charge is -2.67. The third kappa shape index (κ3) is 2.60. The van der Waals surface area contributed by atoms with Crippen LogP contribution in [0, 0.1) is 49.4 Å². The van der Waals surface area contributed by atoms with Crippen molar-refractivity contribution in [2.45, 2.75) is 101 Å². The van der Waals surface area contributed by atoms with Crippen molar-refractivity contribution in [2.24, 2.45) is 35.5 Å². The van der Waals surface area contributed by atoms with E-state index in [4.69, 9.17) is 0 Å². The summed E-state index contributed by atoms with van der Waals surface area (Å²) in [6.07, 6.45) is 19.2. The highest BCUT2D eigenvalue weighted by molar-refractivity contribution is 7.68. The lowest BCUT2D eigenvalue weighted by atomic mass is 9.55. The van der Waals surface area contributed by atoms with E-state index in [1.54, 1.807) is 88.2 Å². The predicted octanol–water partition coefficient (Wildman–Crippen LogP) is 7.35. The third-order valence-corrected chi connectivity index (χ3v) is 14.7. The van der Waals surface area contributed by atoms with Crippen molar-refractivity contribution in [3.63, 3.8) is 0 Å². The van der Waals surface area contributed by atoms with Crippen molar-refractivity contribution < 1.29 is 0 Å². The fourth-order valence-electron chi connectivity index (χ4n) is 10.7. The molecule has 1 heteroatoms. The van der Waals surface area contributed by atoms with Crippen LogP contribution in [-0.4, -0.2) is 10.3 Å². The van der Waals surface area contributed by atoms with Crippen molar-refractivity contribution in [1.82, 2.24) is 0 Å². The van der Waals surface area contributed by atoms with Crippen molar-refractivity contribution >= 4 is 13.2 Å². The van der Waals surface area contributed by atoms with E-state index in [1.807, 2.05) is 5.30 Å². The largest absolute Gasteiger partial charge is 0.0623 e. The van der Waals surface area contributed by atoms with Crippen molar-refractivity contribution in [2.75, 3.05) is 0 Å². The topological polar surface area (TPSA) is 0 Å². The Labute approximate surface area is 179 Å². The Kier molecular flexibility index (Phi) is 3.85. The Bertz CT molecular complexity index is 720. The van der Waals surface area contributed by atoms with Gasteiger partial charge in [0.1, 0.15) is 0 Å². The fraction of sp³-hybridized carbons (Fsp3) is 0.786. The smallest absolute Gasteiger partial charge is 0.00413 e. The minimum absolute atomic E-state index is 0.0410. The van der Waals surface area contributed by atoms with Gasteiger partial charge in [-0.15, -0.1) is 0 Å². The Balaban J connectivity index is 1.40. The molecule has 0 aromatic heterocycles. The summed E-state index contributed by atoms with van der Waals surface area (Å²) >= 11 is 0. The lowest BCUT2D eigenvalue weighted by molar-refractivity contribution is 0.0195. The van der Waals surface area contributed by atoms with Crippen molar-refractivity contribution in [1.29, 1.82) is 0 Å². The van der Waals surface area contributed by atoms with Crippen LogP contribution in [0.4, 0.5) is 0 Å². The molecule has 8 saturated carbocycles. The number of benzene rings is 1. The summed E-state index contributed by atoms with van der Waals surface area (Å²) in [6.45, 7) is 4.87. The van der Waals surface area contributed by atoms with E-state index in [0.717, 1.165) is 35.5 Å². The predicted molar refractivity (Wildman–Crippen MR) is 124 cm³/mol. The summed E-state index contributed by atoms with van der Waals surface area (Å²) in [6, 6.07) is 7.44. The highest BCUT2D eigenvalue weighted by Crippen LogP contribution is 2.78. The number of hydrogen-bond acceptors (Lipinski definition) is 0. The van der Waals surface area contributed by atoms with Crippen LogP contribution < -0.4 is 5.30 Å². The van der Waals surface area contributed by atoms with Crippen LogP contribution in [0.1, 0.15) is 88.2 Å². The molecule has 29 heavy (non-hydrogen) atoms. The van der Waals surface area contributed by atoms with Gasteiger partial charge >= 0.3 is 0 Å². The minimum atomic E-state index is -0.0410. The second kappa shape index (κ2) is 6.12. The molecule has 0 atom stereocenters. The molecule has 0 nitrogen and oxygen atoms in total. The van der Waals surface area contributed by atoms with Gasteiger partial charge in [-0.05, 0) is 153 Å². The average molecular weight is 407 g/mol. The van der Waals surface area contributed by atoms with E-state index in [1.165, 1.54) is 0 Å². The first-order chi connectivity index (χ1) is 14.0. The Morgan fingerprint density at radius 1 is 0.621 bits per heavy atom. The Hall–Kier alpha value is -0.350. The van der Waals surface area contributed by atoms with E-state index in [2.05, 4.69) is 32.0 Å². The lowest BCUT2D eigenvalue weighted by Crippen LogP contribution is -2.58. The van der Waals surface area contributed by atoms with E-state index < -0.39 is 0 Å². The second-order valence-corrected chi connectivity index (χ2v) is 15.9. The van der Waals surface area contributed by atoms with E-state index in [9.17, 15) is 0 Å². The van der Waals surface area contributed by atoms with Crippen LogP contribution in [0.3, 0.4) is 0 Å². The number of rotatable bonds is 3. The van der Waals surface area contributed by atoms with Crippen molar-refractivity contribution in [3.05, 3.63) is 29.3 Å². The monoisotopic (exact) mass is 406 g/mol. The first-order valence-electron chi connectivity index (χ1n) is 12.9. The van der Waals surface area contributed by atoms with Gasteiger partial charge in [-0.25, -0.2) is 0 Å². The van der Waals surface area contributed by atoms with Crippen LogP contribution in [0.15, 0.2) is 18.2 Å². The maximum absolute atomic E-state index is 2.63. The second-order valence-electron chi connectivity index (χ2n) is 12.8. The molecule has 0 amide bonds. The molecule has 9 rings (SSSR count). The number of aryl methyl sites for hydroxylation is 1. The van der Waals surface area contributed by atoms with E-state index in [-0.39, 0.29) is 7.92 Å². The molecule has 1 aromatic carbocycles. The molecule has 0 N–H and O–H groups in total. The zero-order chi connectivity index (χ0) is 19.4. The maximum Gasteiger partial charge on any atom is -0.00413 e. The van der Waals surface area contributed by atoms with Crippen LogP contribution in [0.5, 0.6) is 0 Å². The highest BCUT2D eigenvalue weighted by Gasteiger charge is 2.63. The molecule has 8 fully saturated rings. The summed E-state index contributed by atoms with van der Waals surface area (Å²) in [5, 5.41) is 3.31. The van der Waals surface area contributed by atoms with Gasteiger partial charge in [-0.3, -0.25) is 0 Å². The van der Waals surface area contributed by atoms with E-state index in [0.29, 0.717) is 10.3 Å². The molecule has 8 aliphatic carbocycles. The summed E-state index contributed by atoms with van der Waals surface area (Å²) in [5.74, 6) is 6.53. The van der Waals surface area contributed by atoms with Gasteiger partial charge in [-0.1, -0.05) is 26.1 Å². The molecule has 8 bridgehead atoms. The molecular weight excluding hydrogens is 367 g/mol. The van der Waals surface area contributed by atoms with Gasteiger partial charge in [0, 0.05) is 0 Å². The molecule has 0 spiro atoms. The number of hydrogen-bond donors (Lipinski definition) is 0. The van der Waals surface area contributed by atoms with Gasteiger partial charge in [0.05, 0.1) is 0 Å². The molecule has 0 heterocycles. The molecule has 8 aliphatic rings. The van der Waals surface area contributed by atoms with Gasteiger partial charge in [0.15, 0.2) is 0 Å². The summed E-state index contributed by atoms with van der Waals surface area (Å²) in [4.78, 5) is 0. The molecule has 156 valence electrons.